The van der Waals surface area contributed by atoms with Crippen LogP contribution in [0.3, 0.4) is 0 Å². The fraction of sp³-hybridized carbons (Fsp3) is 1.00. The summed E-state index contributed by atoms with van der Waals surface area (Å²) >= 11 is 0. The largest absolute Gasteiger partial charge is 0.298 e. The van der Waals surface area contributed by atoms with Crippen molar-refractivity contribution in [3.05, 3.63) is 0 Å². The average molecular weight is 183 g/mol. The standard InChI is InChI=1S/C12H25N/c1-4-7-9-12(5-2)10-8-11-13(12)6-3/h4-11H2,1-3H3. The summed E-state index contributed by atoms with van der Waals surface area (Å²) in [4.78, 5) is 2.71. The van der Waals surface area contributed by atoms with Crippen LogP contribution in [-0.2, 0) is 0 Å². The van der Waals surface area contributed by atoms with Crippen LogP contribution in [0.25, 0.3) is 0 Å². The number of unbranched alkanes of at least 4 members (excludes halogenated alkanes) is 1. The second kappa shape index (κ2) is 4.99. The lowest BCUT2D eigenvalue weighted by Gasteiger charge is -2.37. The molecule has 78 valence electrons. The SMILES string of the molecule is CCCCC1(CC)CCCN1CC. The smallest absolute Gasteiger partial charge is 0.0207 e. The summed E-state index contributed by atoms with van der Waals surface area (Å²) < 4.78 is 0. The summed E-state index contributed by atoms with van der Waals surface area (Å²) in [6.45, 7) is 9.56. The minimum atomic E-state index is 0.588. The van der Waals surface area contributed by atoms with Crippen molar-refractivity contribution in [3.8, 4) is 0 Å². The van der Waals surface area contributed by atoms with Crippen molar-refractivity contribution < 1.29 is 0 Å². The van der Waals surface area contributed by atoms with Crippen LogP contribution >= 0.6 is 0 Å². The zero-order valence-electron chi connectivity index (χ0n) is 9.60. The van der Waals surface area contributed by atoms with Crippen molar-refractivity contribution >= 4 is 0 Å². The third-order valence-electron chi connectivity index (χ3n) is 3.78. The van der Waals surface area contributed by atoms with E-state index < -0.39 is 0 Å². The van der Waals surface area contributed by atoms with E-state index in [4.69, 9.17) is 0 Å². The molecule has 0 bridgehead atoms. The van der Waals surface area contributed by atoms with Crippen LogP contribution in [-0.4, -0.2) is 23.5 Å². The average Bonchev–Trinajstić information content (AvgIpc) is 2.58. The topological polar surface area (TPSA) is 3.24 Å². The Balaban J connectivity index is 2.55. The van der Waals surface area contributed by atoms with Gasteiger partial charge in [-0.15, -0.1) is 0 Å². The van der Waals surface area contributed by atoms with Gasteiger partial charge in [0.05, 0.1) is 0 Å². The van der Waals surface area contributed by atoms with Crippen LogP contribution in [0.2, 0.25) is 0 Å². The van der Waals surface area contributed by atoms with E-state index in [1.807, 2.05) is 0 Å². The molecular formula is C12H25N. The highest BCUT2D eigenvalue weighted by molar-refractivity contribution is 4.93. The molecule has 1 rings (SSSR count). The molecule has 0 aromatic rings. The van der Waals surface area contributed by atoms with Gasteiger partial charge in [-0.2, -0.15) is 0 Å². The number of hydrogen-bond donors (Lipinski definition) is 0. The maximum atomic E-state index is 2.71. The van der Waals surface area contributed by atoms with E-state index in [1.54, 1.807) is 0 Å². The molecule has 1 heteroatoms. The van der Waals surface area contributed by atoms with Gasteiger partial charge >= 0.3 is 0 Å². The highest BCUT2D eigenvalue weighted by atomic mass is 15.2. The molecule has 0 saturated carbocycles. The molecule has 1 nitrogen and oxygen atoms in total. The Morgan fingerprint density at radius 1 is 1.23 bits per heavy atom. The maximum Gasteiger partial charge on any atom is 0.0207 e. The molecule has 1 saturated heterocycles. The normalized spacial score (nSPS) is 29.8. The first kappa shape index (κ1) is 11.0. The first-order chi connectivity index (χ1) is 6.29. The summed E-state index contributed by atoms with van der Waals surface area (Å²) in [5, 5.41) is 0. The molecule has 0 aliphatic carbocycles. The molecule has 0 amide bonds. The lowest BCUT2D eigenvalue weighted by molar-refractivity contribution is 0.125. The summed E-state index contributed by atoms with van der Waals surface area (Å²) in [6.07, 6.45) is 8.39. The number of rotatable bonds is 5. The van der Waals surface area contributed by atoms with Crippen molar-refractivity contribution in [1.82, 2.24) is 4.90 Å². The molecule has 1 unspecified atom stereocenters. The summed E-state index contributed by atoms with van der Waals surface area (Å²) in [7, 11) is 0. The Bertz CT molecular complexity index is 144. The molecule has 0 spiro atoms. The Morgan fingerprint density at radius 2 is 2.00 bits per heavy atom. The van der Waals surface area contributed by atoms with E-state index in [0.29, 0.717) is 5.54 Å². The first-order valence-corrected chi connectivity index (χ1v) is 6.04. The molecule has 1 aliphatic heterocycles. The molecule has 1 heterocycles. The van der Waals surface area contributed by atoms with Gasteiger partial charge in [0.15, 0.2) is 0 Å². The Morgan fingerprint density at radius 3 is 2.54 bits per heavy atom. The monoisotopic (exact) mass is 183 g/mol. The van der Waals surface area contributed by atoms with Gasteiger partial charge in [-0.1, -0.05) is 33.6 Å². The van der Waals surface area contributed by atoms with E-state index in [0.717, 1.165) is 0 Å². The van der Waals surface area contributed by atoms with Gasteiger partial charge in [0, 0.05) is 5.54 Å². The summed E-state index contributed by atoms with van der Waals surface area (Å²) in [5.74, 6) is 0. The Kier molecular flexibility index (Phi) is 4.24. The lowest BCUT2D eigenvalue weighted by atomic mass is 9.87. The fourth-order valence-electron chi connectivity index (χ4n) is 2.85. The van der Waals surface area contributed by atoms with Crippen molar-refractivity contribution in [2.24, 2.45) is 0 Å². The molecule has 1 atom stereocenters. The zero-order valence-corrected chi connectivity index (χ0v) is 9.60. The third kappa shape index (κ3) is 2.25. The molecular weight excluding hydrogens is 158 g/mol. The van der Waals surface area contributed by atoms with Gasteiger partial charge in [-0.05, 0) is 38.8 Å². The van der Waals surface area contributed by atoms with E-state index in [1.165, 1.54) is 51.6 Å². The number of likely N-dealkylation sites (tertiary alicyclic amines) is 1. The molecule has 1 aliphatic rings. The Hall–Kier alpha value is -0.0400. The quantitative estimate of drug-likeness (QED) is 0.631. The minimum absolute atomic E-state index is 0.588. The van der Waals surface area contributed by atoms with Crippen molar-refractivity contribution in [3.63, 3.8) is 0 Å². The van der Waals surface area contributed by atoms with Crippen LogP contribution in [0.5, 0.6) is 0 Å². The second-order valence-electron chi connectivity index (χ2n) is 4.36. The van der Waals surface area contributed by atoms with E-state index in [9.17, 15) is 0 Å². The van der Waals surface area contributed by atoms with Crippen LogP contribution in [0.1, 0.15) is 59.3 Å². The summed E-state index contributed by atoms with van der Waals surface area (Å²) in [5.41, 5.74) is 0.588. The highest BCUT2D eigenvalue weighted by Crippen LogP contribution is 2.36. The first-order valence-electron chi connectivity index (χ1n) is 6.04. The molecule has 0 aromatic carbocycles. The minimum Gasteiger partial charge on any atom is -0.298 e. The van der Waals surface area contributed by atoms with Gasteiger partial charge in [0.25, 0.3) is 0 Å². The maximum absolute atomic E-state index is 2.71. The van der Waals surface area contributed by atoms with Crippen LogP contribution in [0.15, 0.2) is 0 Å². The van der Waals surface area contributed by atoms with Gasteiger partial charge in [0.2, 0.25) is 0 Å². The van der Waals surface area contributed by atoms with E-state index >= 15 is 0 Å². The summed E-state index contributed by atoms with van der Waals surface area (Å²) in [6, 6.07) is 0. The van der Waals surface area contributed by atoms with E-state index in [-0.39, 0.29) is 0 Å². The predicted octanol–water partition coefficient (Wildman–Crippen LogP) is 3.44. The molecule has 0 aromatic heterocycles. The van der Waals surface area contributed by atoms with Crippen molar-refractivity contribution in [2.45, 2.75) is 64.8 Å². The second-order valence-corrected chi connectivity index (χ2v) is 4.36. The van der Waals surface area contributed by atoms with Crippen molar-refractivity contribution in [2.75, 3.05) is 13.1 Å². The fourth-order valence-corrected chi connectivity index (χ4v) is 2.85. The van der Waals surface area contributed by atoms with Crippen LogP contribution < -0.4 is 0 Å². The molecule has 0 N–H and O–H groups in total. The number of nitrogens with zero attached hydrogens (tertiary/aromatic N) is 1. The van der Waals surface area contributed by atoms with Gasteiger partial charge in [-0.25, -0.2) is 0 Å². The van der Waals surface area contributed by atoms with Gasteiger partial charge in [0.1, 0.15) is 0 Å². The van der Waals surface area contributed by atoms with Crippen molar-refractivity contribution in [1.29, 1.82) is 0 Å². The van der Waals surface area contributed by atoms with Crippen LogP contribution in [0, 0.1) is 0 Å². The van der Waals surface area contributed by atoms with Gasteiger partial charge in [-0.3, -0.25) is 4.90 Å². The van der Waals surface area contributed by atoms with E-state index in [2.05, 4.69) is 25.7 Å². The zero-order chi connectivity index (χ0) is 9.73. The lowest BCUT2D eigenvalue weighted by Crippen LogP contribution is -2.43. The third-order valence-corrected chi connectivity index (χ3v) is 3.78. The number of hydrogen-bond acceptors (Lipinski definition) is 1. The highest BCUT2D eigenvalue weighted by Gasteiger charge is 2.37. The van der Waals surface area contributed by atoms with Crippen LogP contribution in [0.4, 0.5) is 0 Å². The van der Waals surface area contributed by atoms with Gasteiger partial charge < -0.3 is 0 Å². The molecule has 0 radical (unpaired) electrons. The Labute approximate surface area is 83.5 Å². The predicted molar refractivity (Wildman–Crippen MR) is 59.0 cm³/mol. The molecule has 13 heavy (non-hydrogen) atoms. The molecule has 1 fully saturated rings.